The van der Waals surface area contributed by atoms with E-state index in [2.05, 4.69) is 0 Å². The number of halogens is 1. The average molecular weight is 316 g/mol. The van der Waals surface area contributed by atoms with Gasteiger partial charge in [-0.15, -0.1) is 0 Å². The predicted molar refractivity (Wildman–Crippen MR) is 85.4 cm³/mol. The van der Waals surface area contributed by atoms with Crippen LogP contribution in [0, 0.1) is 5.82 Å². The summed E-state index contributed by atoms with van der Waals surface area (Å²) in [6, 6.07) is 6.45. The number of hydrogen-bond donors (Lipinski definition) is 1. The van der Waals surface area contributed by atoms with Gasteiger partial charge in [-0.1, -0.05) is 6.42 Å². The molecule has 1 aliphatic carbocycles. The van der Waals surface area contributed by atoms with E-state index in [0.29, 0.717) is 0 Å². The Balaban J connectivity index is 1.71. The third-order valence-electron chi connectivity index (χ3n) is 4.39. The minimum absolute atomic E-state index is 0.238. The summed E-state index contributed by atoms with van der Waals surface area (Å²) in [5.41, 5.74) is 4.61. The summed E-state index contributed by atoms with van der Waals surface area (Å²) < 4.78 is 15.1. The van der Waals surface area contributed by atoms with Crippen LogP contribution in [0.4, 0.5) is 4.39 Å². The van der Waals surface area contributed by atoms with Crippen molar-refractivity contribution in [2.45, 2.75) is 51.4 Å². The minimum atomic E-state index is -0.730. The third-order valence-corrected chi connectivity index (χ3v) is 4.39. The number of benzene rings is 1. The molecule has 0 aliphatic heterocycles. The van der Waals surface area contributed by atoms with E-state index in [0.717, 1.165) is 56.3 Å². The van der Waals surface area contributed by atoms with Crippen molar-refractivity contribution in [2.24, 2.45) is 0 Å². The van der Waals surface area contributed by atoms with Crippen molar-refractivity contribution in [3.05, 3.63) is 47.0 Å². The highest BCUT2D eigenvalue weighted by Gasteiger charge is 2.22. The summed E-state index contributed by atoms with van der Waals surface area (Å²) in [6.07, 6.45) is 6.92. The molecule has 5 heteroatoms. The first kappa shape index (κ1) is 15.7. The molecule has 3 rings (SSSR count). The Hall–Kier alpha value is -2.17. The van der Waals surface area contributed by atoms with Crippen LogP contribution in [-0.2, 0) is 24.1 Å². The number of hydrogen-bond acceptors (Lipinski definition) is 2. The molecule has 1 aliphatic rings. The molecule has 4 nitrogen and oxygen atoms in total. The Labute approximate surface area is 134 Å². The van der Waals surface area contributed by atoms with E-state index >= 15 is 0 Å². The first-order chi connectivity index (χ1) is 11.1. The molecule has 0 bridgehead atoms. The summed E-state index contributed by atoms with van der Waals surface area (Å²) in [4.78, 5) is 10.5. The van der Waals surface area contributed by atoms with Crippen LogP contribution in [0.2, 0.25) is 0 Å². The monoisotopic (exact) mass is 316 g/mol. The molecule has 0 radical (unpaired) electrons. The van der Waals surface area contributed by atoms with E-state index in [4.69, 9.17) is 10.2 Å². The van der Waals surface area contributed by atoms with Gasteiger partial charge in [0.25, 0.3) is 0 Å². The summed E-state index contributed by atoms with van der Waals surface area (Å²) in [7, 11) is 0. The van der Waals surface area contributed by atoms with Gasteiger partial charge in [-0.25, -0.2) is 9.07 Å². The summed E-state index contributed by atoms with van der Waals surface area (Å²) in [6.45, 7) is 0. The highest BCUT2D eigenvalue weighted by atomic mass is 19.1. The number of aromatic nitrogens is 2. The maximum atomic E-state index is 13.1. The minimum Gasteiger partial charge on any atom is -0.481 e. The van der Waals surface area contributed by atoms with Gasteiger partial charge in [0.2, 0.25) is 0 Å². The average Bonchev–Trinajstić information content (AvgIpc) is 3.11. The molecule has 0 unspecified atom stereocenters. The van der Waals surface area contributed by atoms with Crippen LogP contribution in [0.3, 0.4) is 0 Å². The van der Waals surface area contributed by atoms with E-state index in [1.165, 1.54) is 23.4 Å². The maximum Gasteiger partial charge on any atom is 0.303 e. The van der Waals surface area contributed by atoms with Crippen molar-refractivity contribution >= 4 is 5.97 Å². The lowest BCUT2D eigenvalue weighted by Gasteiger charge is -2.05. The first-order valence-corrected chi connectivity index (χ1v) is 8.22. The molecule has 1 N–H and O–H groups in total. The molecular formula is C18H21FN2O2. The second-order valence-corrected chi connectivity index (χ2v) is 6.07. The number of aliphatic carboxylic acids is 1. The fourth-order valence-electron chi connectivity index (χ4n) is 3.26. The van der Waals surface area contributed by atoms with Crippen molar-refractivity contribution in [1.29, 1.82) is 0 Å². The lowest BCUT2D eigenvalue weighted by molar-refractivity contribution is -0.137. The lowest BCUT2D eigenvalue weighted by Crippen LogP contribution is -2.02. The molecule has 2 aromatic rings. The van der Waals surface area contributed by atoms with E-state index in [1.54, 1.807) is 12.1 Å². The topological polar surface area (TPSA) is 55.1 Å². The fraction of sp³-hybridized carbons (Fsp3) is 0.444. The number of carboxylic acid groups (broad SMARTS) is 1. The SMILES string of the molecule is O=C(O)CCCCCc1nn(-c2ccc(F)cc2)c2c1CCC2. The molecule has 0 spiro atoms. The molecule has 0 saturated carbocycles. The molecule has 0 amide bonds. The highest BCUT2D eigenvalue weighted by molar-refractivity contribution is 5.66. The normalized spacial score (nSPS) is 13.3. The number of fused-ring (bicyclic) bond motifs is 1. The molecule has 0 saturated heterocycles. The van der Waals surface area contributed by atoms with Crippen LogP contribution in [-0.4, -0.2) is 20.9 Å². The van der Waals surface area contributed by atoms with Crippen LogP contribution < -0.4 is 0 Å². The van der Waals surface area contributed by atoms with Gasteiger partial charge in [0, 0.05) is 12.1 Å². The van der Waals surface area contributed by atoms with Crippen molar-refractivity contribution in [1.82, 2.24) is 9.78 Å². The summed E-state index contributed by atoms with van der Waals surface area (Å²) in [5.74, 6) is -0.970. The smallest absolute Gasteiger partial charge is 0.303 e. The number of aryl methyl sites for hydroxylation is 1. The van der Waals surface area contributed by atoms with Gasteiger partial charge < -0.3 is 5.11 Å². The van der Waals surface area contributed by atoms with Crippen molar-refractivity contribution in [3.8, 4) is 5.69 Å². The largest absolute Gasteiger partial charge is 0.481 e. The first-order valence-electron chi connectivity index (χ1n) is 8.22. The zero-order valence-electron chi connectivity index (χ0n) is 13.1. The Kier molecular flexibility index (Phi) is 4.74. The quantitative estimate of drug-likeness (QED) is 0.793. The standard InChI is InChI=1S/C18H21FN2O2/c19-13-9-11-14(12-10-13)21-17-7-4-5-15(17)16(20-21)6-2-1-3-8-18(22)23/h9-12H,1-8H2,(H,22,23). The Morgan fingerprint density at radius 2 is 1.96 bits per heavy atom. The van der Waals surface area contributed by atoms with E-state index in [-0.39, 0.29) is 12.2 Å². The summed E-state index contributed by atoms with van der Waals surface area (Å²) in [5, 5.41) is 13.4. The van der Waals surface area contributed by atoms with Crippen molar-refractivity contribution in [2.75, 3.05) is 0 Å². The molecule has 122 valence electrons. The number of rotatable bonds is 7. The number of carboxylic acids is 1. The molecule has 0 atom stereocenters. The van der Waals surface area contributed by atoms with Gasteiger partial charge in [0.15, 0.2) is 0 Å². The van der Waals surface area contributed by atoms with Crippen molar-refractivity contribution in [3.63, 3.8) is 0 Å². The van der Waals surface area contributed by atoms with E-state index in [1.807, 2.05) is 4.68 Å². The Morgan fingerprint density at radius 3 is 2.70 bits per heavy atom. The van der Waals surface area contributed by atoms with Gasteiger partial charge >= 0.3 is 5.97 Å². The van der Waals surface area contributed by atoms with Gasteiger partial charge in [0.05, 0.1) is 11.4 Å². The van der Waals surface area contributed by atoms with Crippen molar-refractivity contribution < 1.29 is 14.3 Å². The van der Waals surface area contributed by atoms with E-state index < -0.39 is 5.97 Å². The van der Waals surface area contributed by atoms with Gasteiger partial charge in [-0.3, -0.25) is 4.79 Å². The van der Waals surface area contributed by atoms with Gasteiger partial charge in [-0.05, 0) is 68.4 Å². The fourth-order valence-corrected chi connectivity index (χ4v) is 3.26. The van der Waals surface area contributed by atoms with Crippen LogP contribution in [0.15, 0.2) is 24.3 Å². The van der Waals surface area contributed by atoms with Gasteiger partial charge in [-0.2, -0.15) is 5.10 Å². The lowest BCUT2D eigenvalue weighted by atomic mass is 10.1. The molecule has 1 aromatic carbocycles. The molecule has 0 fully saturated rings. The van der Waals surface area contributed by atoms with Crippen LogP contribution in [0.5, 0.6) is 0 Å². The molecule has 1 aromatic heterocycles. The summed E-state index contributed by atoms with van der Waals surface area (Å²) >= 11 is 0. The second kappa shape index (κ2) is 6.94. The van der Waals surface area contributed by atoms with Gasteiger partial charge in [0.1, 0.15) is 5.82 Å². The van der Waals surface area contributed by atoms with E-state index in [9.17, 15) is 9.18 Å². The number of nitrogens with zero attached hydrogens (tertiary/aromatic N) is 2. The predicted octanol–water partition coefficient (Wildman–Crippen LogP) is 3.69. The maximum absolute atomic E-state index is 13.1. The third kappa shape index (κ3) is 3.60. The number of carbonyl (C=O) groups is 1. The van der Waals surface area contributed by atoms with Crippen LogP contribution >= 0.6 is 0 Å². The highest BCUT2D eigenvalue weighted by Crippen LogP contribution is 2.28. The molecule has 23 heavy (non-hydrogen) atoms. The second-order valence-electron chi connectivity index (χ2n) is 6.07. The zero-order chi connectivity index (χ0) is 16.2. The Morgan fingerprint density at radius 1 is 1.17 bits per heavy atom. The zero-order valence-corrected chi connectivity index (χ0v) is 13.1. The molecule has 1 heterocycles. The van der Waals surface area contributed by atoms with Crippen LogP contribution in [0.1, 0.15) is 49.1 Å². The van der Waals surface area contributed by atoms with Crippen LogP contribution in [0.25, 0.3) is 5.69 Å². The Bertz CT molecular complexity index is 692. The number of unbranched alkanes of at least 4 members (excludes halogenated alkanes) is 2. The molecular weight excluding hydrogens is 295 g/mol.